The maximum Gasteiger partial charge on any atom is 0.321 e. The molecule has 1 unspecified atom stereocenters. The summed E-state index contributed by atoms with van der Waals surface area (Å²) in [5.41, 5.74) is 2.62. The van der Waals surface area contributed by atoms with Crippen LogP contribution < -0.4 is 4.74 Å². The van der Waals surface area contributed by atoms with Gasteiger partial charge in [-0.15, -0.1) is 0 Å². The molecule has 1 fully saturated rings. The molecule has 0 bridgehead atoms. The van der Waals surface area contributed by atoms with E-state index in [9.17, 15) is 9.59 Å². The lowest BCUT2D eigenvalue weighted by Gasteiger charge is -2.27. The molecule has 0 N–H and O–H groups in total. The normalized spacial score (nSPS) is 20.9. The Morgan fingerprint density at radius 3 is 2.22 bits per heavy atom. The van der Waals surface area contributed by atoms with E-state index in [0.29, 0.717) is 17.9 Å². The molecule has 1 aliphatic heterocycles. The van der Waals surface area contributed by atoms with Crippen molar-refractivity contribution < 1.29 is 19.1 Å². The lowest BCUT2D eigenvalue weighted by atomic mass is 9.78. The van der Waals surface area contributed by atoms with Gasteiger partial charge in [0.05, 0.1) is 24.8 Å². The Hall–Kier alpha value is -4.11. The molecule has 0 saturated carbocycles. The zero-order chi connectivity index (χ0) is 26.4. The first kappa shape index (κ1) is 26.0. The highest BCUT2D eigenvalue weighted by atomic mass is 16.5. The first-order chi connectivity index (χ1) is 17.9. The van der Waals surface area contributed by atoms with Crippen LogP contribution >= 0.6 is 0 Å². The van der Waals surface area contributed by atoms with Crippen molar-refractivity contribution in [2.45, 2.75) is 32.7 Å². The van der Waals surface area contributed by atoms with E-state index in [2.05, 4.69) is 18.2 Å². The smallest absolute Gasteiger partial charge is 0.321 e. The summed E-state index contributed by atoms with van der Waals surface area (Å²) in [5, 5.41) is 9.00. The molecule has 6 heteroatoms. The van der Waals surface area contributed by atoms with Crippen LogP contribution in [0.15, 0.2) is 78.9 Å². The molecule has 1 aliphatic rings. The quantitative estimate of drug-likeness (QED) is 0.298. The van der Waals surface area contributed by atoms with Crippen LogP contribution in [0.5, 0.6) is 5.75 Å². The van der Waals surface area contributed by atoms with Crippen LogP contribution in [0.3, 0.4) is 0 Å². The molecule has 37 heavy (non-hydrogen) atoms. The highest BCUT2D eigenvalue weighted by Crippen LogP contribution is 2.42. The van der Waals surface area contributed by atoms with E-state index in [-0.39, 0.29) is 24.5 Å². The average Bonchev–Trinajstić information content (AvgIpc) is 3.13. The number of hydrogen-bond acceptors (Lipinski definition) is 5. The van der Waals surface area contributed by atoms with E-state index in [1.807, 2.05) is 61.5 Å². The van der Waals surface area contributed by atoms with Gasteiger partial charge in [0.2, 0.25) is 5.91 Å². The number of benzene rings is 3. The Kier molecular flexibility index (Phi) is 7.93. The van der Waals surface area contributed by atoms with Crippen LogP contribution in [0.25, 0.3) is 11.1 Å². The zero-order valence-corrected chi connectivity index (χ0v) is 21.5. The van der Waals surface area contributed by atoms with E-state index >= 15 is 0 Å². The molecule has 0 radical (unpaired) electrons. The first-order valence-corrected chi connectivity index (χ1v) is 12.5. The molecule has 1 saturated heterocycles. The van der Waals surface area contributed by atoms with Crippen molar-refractivity contribution in [3.05, 3.63) is 90.0 Å². The lowest BCUT2D eigenvalue weighted by Crippen LogP contribution is -2.41. The van der Waals surface area contributed by atoms with Gasteiger partial charge in [0.15, 0.2) is 0 Å². The van der Waals surface area contributed by atoms with Gasteiger partial charge in [-0.25, -0.2) is 0 Å². The van der Waals surface area contributed by atoms with E-state index < -0.39 is 11.4 Å². The Balaban J connectivity index is 1.46. The summed E-state index contributed by atoms with van der Waals surface area (Å²) in [6, 6.07) is 27.2. The van der Waals surface area contributed by atoms with Crippen molar-refractivity contribution in [3.63, 3.8) is 0 Å². The van der Waals surface area contributed by atoms with Gasteiger partial charge in [0, 0.05) is 12.5 Å². The number of methoxy groups -OCH3 is 1. The average molecular weight is 497 g/mol. The highest BCUT2D eigenvalue weighted by Gasteiger charge is 2.59. The van der Waals surface area contributed by atoms with Crippen LogP contribution in [0.4, 0.5) is 0 Å². The number of nitrogens with zero attached hydrogens (tertiary/aromatic N) is 2. The standard InChI is InChI=1S/C31H32N2O4/c1-22-28(21-37-27-17-15-26(16-18-27)25-13-11-24(20-32)12-14-25)33(29(34)31(22,2)30(35)36-3)19-7-10-23-8-5-4-6-9-23/h4-6,8-9,11-18,22,28H,7,10,19,21H2,1-3H3/t22?,28-,31+/m1/s1. The molecule has 4 rings (SSSR count). The summed E-state index contributed by atoms with van der Waals surface area (Å²) in [6.07, 6.45) is 1.63. The van der Waals surface area contributed by atoms with E-state index in [1.165, 1.54) is 12.7 Å². The Bertz CT molecular complexity index is 1270. The summed E-state index contributed by atoms with van der Waals surface area (Å²) < 4.78 is 11.2. The molecule has 190 valence electrons. The van der Waals surface area contributed by atoms with Crippen LogP contribution in [-0.2, 0) is 20.7 Å². The van der Waals surface area contributed by atoms with Crippen molar-refractivity contribution in [3.8, 4) is 22.9 Å². The molecular weight excluding hydrogens is 464 g/mol. The van der Waals surface area contributed by atoms with Gasteiger partial charge in [-0.2, -0.15) is 5.26 Å². The minimum absolute atomic E-state index is 0.204. The third-order valence-corrected chi connectivity index (χ3v) is 7.53. The van der Waals surface area contributed by atoms with Gasteiger partial charge in [0.1, 0.15) is 17.8 Å². The number of hydrogen-bond donors (Lipinski definition) is 0. The number of nitriles is 1. The predicted octanol–water partition coefficient (Wildman–Crippen LogP) is 5.26. The fourth-order valence-corrected chi connectivity index (χ4v) is 5.05. The number of amides is 1. The van der Waals surface area contributed by atoms with Gasteiger partial charge < -0.3 is 14.4 Å². The Labute approximate surface area is 218 Å². The second-order valence-electron chi connectivity index (χ2n) is 9.66. The van der Waals surface area contributed by atoms with Gasteiger partial charge >= 0.3 is 5.97 Å². The second kappa shape index (κ2) is 11.3. The van der Waals surface area contributed by atoms with Gasteiger partial charge in [-0.05, 0) is 60.7 Å². The van der Waals surface area contributed by atoms with Crippen LogP contribution in [0, 0.1) is 22.7 Å². The van der Waals surface area contributed by atoms with Crippen molar-refractivity contribution in [1.29, 1.82) is 5.26 Å². The summed E-state index contributed by atoms with van der Waals surface area (Å²) >= 11 is 0. The maximum absolute atomic E-state index is 13.5. The monoisotopic (exact) mass is 496 g/mol. The third-order valence-electron chi connectivity index (χ3n) is 7.53. The van der Waals surface area contributed by atoms with Crippen LogP contribution in [0.1, 0.15) is 31.4 Å². The molecule has 1 amide bonds. The number of aryl methyl sites for hydroxylation is 1. The summed E-state index contributed by atoms with van der Waals surface area (Å²) in [6.45, 7) is 4.42. The molecule has 6 nitrogen and oxygen atoms in total. The Morgan fingerprint density at radius 1 is 1.00 bits per heavy atom. The molecule has 0 spiro atoms. The molecule has 1 heterocycles. The molecule has 0 aromatic heterocycles. The number of ether oxygens (including phenoxy) is 2. The van der Waals surface area contributed by atoms with Crippen molar-refractivity contribution in [2.75, 3.05) is 20.3 Å². The molecule has 3 aromatic carbocycles. The van der Waals surface area contributed by atoms with Crippen molar-refractivity contribution in [2.24, 2.45) is 11.3 Å². The van der Waals surface area contributed by atoms with Gasteiger partial charge in [-0.1, -0.05) is 61.5 Å². The highest BCUT2D eigenvalue weighted by molar-refractivity contribution is 6.04. The lowest BCUT2D eigenvalue weighted by molar-refractivity contribution is -0.159. The predicted molar refractivity (Wildman–Crippen MR) is 142 cm³/mol. The fraction of sp³-hybridized carbons (Fsp3) is 0.323. The SMILES string of the molecule is COC(=O)[C@]1(C)C(=O)N(CCCc2ccccc2)[C@H](COc2ccc(-c3ccc(C#N)cc3)cc2)C1C. The molecule has 3 atom stereocenters. The maximum atomic E-state index is 13.5. The molecule has 0 aliphatic carbocycles. The number of carbonyl (C=O) groups excluding carboxylic acids is 2. The van der Waals surface area contributed by atoms with Crippen LogP contribution in [0.2, 0.25) is 0 Å². The molecular formula is C31H32N2O4. The number of likely N-dealkylation sites (tertiary alicyclic amines) is 1. The number of esters is 1. The largest absolute Gasteiger partial charge is 0.491 e. The topological polar surface area (TPSA) is 79.6 Å². The Morgan fingerprint density at radius 2 is 1.62 bits per heavy atom. The minimum Gasteiger partial charge on any atom is -0.491 e. The van der Waals surface area contributed by atoms with E-state index in [0.717, 1.165) is 24.0 Å². The summed E-state index contributed by atoms with van der Waals surface area (Å²) in [5.74, 6) is -0.299. The second-order valence-corrected chi connectivity index (χ2v) is 9.66. The summed E-state index contributed by atoms with van der Waals surface area (Å²) in [7, 11) is 1.33. The first-order valence-electron chi connectivity index (χ1n) is 12.5. The summed E-state index contributed by atoms with van der Waals surface area (Å²) in [4.78, 5) is 28.0. The molecule has 3 aromatic rings. The van der Waals surface area contributed by atoms with E-state index in [1.54, 1.807) is 24.0 Å². The van der Waals surface area contributed by atoms with Crippen molar-refractivity contribution in [1.82, 2.24) is 4.90 Å². The fourth-order valence-electron chi connectivity index (χ4n) is 5.05. The van der Waals surface area contributed by atoms with Crippen molar-refractivity contribution >= 4 is 11.9 Å². The third kappa shape index (κ3) is 5.36. The van der Waals surface area contributed by atoms with Gasteiger partial charge in [0.25, 0.3) is 0 Å². The minimum atomic E-state index is -1.24. The van der Waals surface area contributed by atoms with Crippen LogP contribution in [-0.4, -0.2) is 43.1 Å². The van der Waals surface area contributed by atoms with Gasteiger partial charge in [-0.3, -0.25) is 9.59 Å². The number of rotatable bonds is 9. The zero-order valence-electron chi connectivity index (χ0n) is 21.5. The number of carbonyl (C=O) groups is 2. The van der Waals surface area contributed by atoms with E-state index in [4.69, 9.17) is 14.7 Å².